The van der Waals surface area contributed by atoms with Gasteiger partial charge < -0.3 is 5.11 Å². The number of aliphatic hydroxyl groups excluding tert-OH is 1. The van der Waals surface area contributed by atoms with Gasteiger partial charge in [-0.25, -0.2) is 0 Å². The van der Waals surface area contributed by atoms with Gasteiger partial charge in [0.15, 0.2) is 0 Å². The normalized spacial score (nSPS) is 12.4. The van der Waals surface area contributed by atoms with E-state index in [0.717, 1.165) is 17.3 Å². The molecular formula is C17H19BrO. The van der Waals surface area contributed by atoms with E-state index in [-0.39, 0.29) is 12.5 Å². The van der Waals surface area contributed by atoms with Crippen LogP contribution in [0.4, 0.5) is 0 Å². The minimum Gasteiger partial charge on any atom is -0.396 e. The van der Waals surface area contributed by atoms with E-state index in [9.17, 15) is 5.11 Å². The summed E-state index contributed by atoms with van der Waals surface area (Å²) >= 11 is 3.57. The van der Waals surface area contributed by atoms with Crippen LogP contribution in [0.5, 0.6) is 0 Å². The summed E-state index contributed by atoms with van der Waals surface area (Å²) in [6.45, 7) is 2.32. The number of benzene rings is 2. The number of halogens is 1. The predicted molar refractivity (Wildman–Crippen MR) is 83.3 cm³/mol. The quantitative estimate of drug-likeness (QED) is 0.878. The summed E-state index contributed by atoms with van der Waals surface area (Å²) in [5, 5.41) is 9.59. The molecule has 0 aliphatic heterocycles. The maximum absolute atomic E-state index is 9.59. The second kappa shape index (κ2) is 6.88. The third-order valence-corrected chi connectivity index (χ3v) is 4.11. The van der Waals surface area contributed by atoms with Crippen molar-refractivity contribution in [1.29, 1.82) is 0 Å². The van der Waals surface area contributed by atoms with E-state index in [1.165, 1.54) is 16.7 Å². The number of aliphatic hydroxyl groups is 1. The Kier molecular flexibility index (Phi) is 5.17. The summed E-state index contributed by atoms with van der Waals surface area (Å²) in [5.74, 6) is 0.264. The van der Waals surface area contributed by atoms with Crippen LogP contribution in [0, 0.1) is 12.8 Å². The standard InChI is InChI=1S/C17H19BrO/c1-13-5-4-6-14(9-13)10-15(12-19)11-16-7-2-3-8-17(16)18/h2-9,15,19H,10-12H2,1H3. The van der Waals surface area contributed by atoms with Crippen molar-refractivity contribution < 1.29 is 5.11 Å². The summed E-state index contributed by atoms with van der Waals surface area (Å²) in [7, 11) is 0. The molecule has 0 saturated carbocycles. The molecule has 0 heterocycles. The first-order valence-corrected chi connectivity index (χ1v) is 7.38. The fourth-order valence-corrected chi connectivity index (χ4v) is 2.80. The lowest BCUT2D eigenvalue weighted by atomic mass is 9.93. The van der Waals surface area contributed by atoms with Crippen LogP contribution in [0.1, 0.15) is 16.7 Å². The molecular weight excluding hydrogens is 300 g/mol. The molecule has 0 amide bonds. The van der Waals surface area contributed by atoms with Gasteiger partial charge in [-0.1, -0.05) is 64.0 Å². The molecule has 2 rings (SSSR count). The average molecular weight is 319 g/mol. The lowest BCUT2D eigenvalue weighted by Gasteiger charge is -2.15. The zero-order valence-corrected chi connectivity index (χ0v) is 12.7. The number of hydrogen-bond acceptors (Lipinski definition) is 1. The number of aryl methyl sites for hydroxylation is 1. The SMILES string of the molecule is Cc1cccc(CC(CO)Cc2ccccc2Br)c1. The summed E-state index contributed by atoms with van der Waals surface area (Å²) in [5.41, 5.74) is 3.83. The van der Waals surface area contributed by atoms with Crippen LogP contribution >= 0.6 is 15.9 Å². The van der Waals surface area contributed by atoms with Gasteiger partial charge in [0.2, 0.25) is 0 Å². The molecule has 0 fully saturated rings. The highest BCUT2D eigenvalue weighted by Crippen LogP contribution is 2.21. The summed E-state index contributed by atoms with van der Waals surface area (Å²) < 4.78 is 1.12. The lowest BCUT2D eigenvalue weighted by molar-refractivity contribution is 0.225. The van der Waals surface area contributed by atoms with Crippen LogP contribution in [0.3, 0.4) is 0 Å². The second-order valence-corrected chi connectivity index (χ2v) is 5.89. The molecule has 2 aromatic carbocycles. The van der Waals surface area contributed by atoms with Crippen molar-refractivity contribution in [2.45, 2.75) is 19.8 Å². The Morgan fingerprint density at radius 1 is 1.05 bits per heavy atom. The Morgan fingerprint density at radius 3 is 2.53 bits per heavy atom. The fraction of sp³-hybridized carbons (Fsp3) is 0.294. The molecule has 0 aromatic heterocycles. The van der Waals surface area contributed by atoms with Gasteiger partial charge in [0.25, 0.3) is 0 Å². The number of rotatable bonds is 5. The van der Waals surface area contributed by atoms with Crippen LogP contribution < -0.4 is 0 Å². The van der Waals surface area contributed by atoms with E-state index < -0.39 is 0 Å². The molecule has 19 heavy (non-hydrogen) atoms. The zero-order valence-electron chi connectivity index (χ0n) is 11.1. The van der Waals surface area contributed by atoms with Crippen LogP contribution in [0.25, 0.3) is 0 Å². The van der Waals surface area contributed by atoms with Crippen molar-refractivity contribution in [3.8, 4) is 0 Å². The minimum absolute atomic E-state index is 0.218. The van der Waals surface area contributed by atoms with Gasteiger partial charge in [-0.15, -0.1) is 0 Å². The monoisotopic (exact) mass is 318 g/mol. The van der Waals surface area contributed by atoms with Crippen LogP contribution in [-0.4, -0.2) is 11.7 Å². The minimum atomic E-state index is 0.218. The van der Waals surface area contributed by atoms with Gasteiger partial charge in [0.1, 0.15) is 0 Å². The van der Waals surface area contributed by atoms with E-state index in [1.807, 2.05) is 12.1 Å². The van der Waals surface area contributed by atoms with E-state index in [4.69, 9.17) is 0 Å². The van der Waals surface area contributed by atoms with E-state index in [0.29, 0.717) is 0 Å². The lowest BCUT2D eigenvalue weighted by Crippen LogP contribution is -2.13. The topological polar surface area (TPSA) is 20.2 Å². The van der Waals surface area contributed by atoms with E-state index >= 15 is 0 Å². The van der Waals surface area contributed by atoms with Gasteiger partial charge in [0, 0.05) is 11.1 Å². The first-order valence-electron chi connectivity index (χ1n) is 6.59. The largest absolute Gasteiger partial charge is 0.396 e. The third-order valence-electron chi connectivity index (χ3n) is 3.33. The summed E-state index contributed by atoms with van der Waals surface area (Å²) in [6, 6.07) is 16.7. The molecule has 2 aromatic rings. The molecule has 0 aliphatic carbocycles. The second-order valence-electron chi connectivity index (χ2n) is 5.04. The zero-order chi connectivity index (χ0) is 13.7. The van der Waals surface area contributed by atoms with Crippen molar-refractivity contribution in [2.75, 3.05) is 6.61 Å². The Labute approximate surface area is 123 Å². The molecule has 1 atom stereocenters. The molecule has 1 N–H and O–H groups in total. The van der Waals surface area contributed by atoms with Gasteiger partial charge in [0.05, 0.1) is 0 Å². The average Bonchev–Trinajstić information content (AvgIpc) is 2.40. The van der Waals surface area contributed by atoms with Crippen molar-refractivity contribution in [1.82, 2.24) is 0 Å². The van der Waals surface area contributed by atoms with Gasteiger partial charge >= 0.3 is 0 Å². The molecule has 0 radical (unpaired) electrons. The Balaban J connectivity index is 2.07. The van der Waals surface area contributed by atoms with Gasteiger partial charge in [-0.3, -0.25) is 0 Å². The highest BCUT2D eigenvalue weighted by Gasteiger charge is 2.11. The first kappa shape index (κ1) is 14.3. The Morgan fingerprint density at radius 2 is 1.84 bits per heavy atom. The van der Waals surface area contributed by atoms with E-state index in [2.05, 4.69) is 59.3 Å². The van der Waals surface area contributed by atoms with Crippen molar-refractivity contribution in [3.05, 3.63) is 69.7 Å². The summed E-state index contributed by atoms with van der Waals surface area (Å²) in [4.78, 5) is 0. The van der Waals surface area contributed by atoms with E-state index in [1.54, 1.807) is 0 Å². The highest BCUT2D eigenvalue weighted by atomic mass is 79.9. The number of hydrogen-bond donors (Lipinski definition) is 1. The van der Waals surface area contributed by atoms with Gasteiger partial charge in [-0.05, 0) is 42.9 Å². The van der Waals surface area contributed by atoms with Crippen LogP contribution in [0.15, 0.2) is 53.0 Å². The first-order chi connectivity index (χ1) is 9.19. The smallest absolute Gasteiger partial charge is 0.0465 e. The van der Waals surface area contributed by atoms with Gasteiger partial charge in [-0.2, -0.15) is 0 Å². The molecule has 0 bridgehead atoms. The molecule has 100 valence electrons. The molecule has 1 nitrogen and oxygen atoms in total. The maximum Gasteiger partial charge on any atom is 0.0465 e. The highest BCUT2D eigenvalue weighted by molar-refractivity contribution is 9.10. The van der Waals surface area contributed by atoms with Crippen LogP contribution in [-0.2, 0) is 12.8 Å². The molecule has 0 spiro atoms. The molecule has 1 unspecified atom stereocenters. The Bertz CT molecular complexity index is 536. The van der Waals surface area contributed by atoms with Crippen LogP contribution in [0.2, 0.25) is 0 Å². The van der Waals surface area contributed by atoms with Crippen molar-refractivity contribution in [2.24, 2.45) is 5.92 Å². The third kappa shape index (κ3) is 4.19. The molecule has 2 heteroatoms. The molecule has 0 aliphatic rings. The van der Waals surface area contributed by atoms with Crippen molar-refractivity contribution >= 4 is 15.9 Å². The summed E-state index contributed by atoms with van der Waals surface area (Å²) in [6.07, 6.45) is 1.81. The van der Waals surface area contributed by atoms with Crippen molar-refractivity contribution in [3.63, 3.8) is 0 Å². The fourth-order valence-electron chi connectivity index (χ4n) is 2.35. The molecule has 0 saturated heterocycles. The Hall–Kier alpha value is -1.12. The predicted octanol–water partition coefficient (Wildman–Crippen LogP) is 4.15. The maximum atomic E-state index is 9.59.